The van der Waals surface area contributed by atoms with E-state index in [0.29, 0.717) is 11.5 Å². The smallest absolute Gasteiger partial charge is 0.383 e. The van der Waals surface area contributed by atoms with E-state index in [0.717, 1.165) is 61.8 Å². The number of rotatable bonds is 4. The van der Waals surface area contributed by atoms with Crippen LogP contribution in [0.3, 0.4) is 0 Å². The van der Waals surface area contributed by atoms with Gasteiger partial charge in [-0.3, -0.25) is 5.41 Å². The summed E-state index contributed by atoms with van der Waals surface area (Å²) in [6, 6.07) is 37.5. The number of hydrogen-bond donors (Lipinski definition) is 2. The van der Waals surface area contributed by atoms with Crippen LogP contribution in [-0.4, -0.2) is 16.2 Å². The van der Waals surface area contributed by atoms with Crippen LogP contribution in [0, 0.1) is 26.2 Å². The number of fused-ring (bicyclic) bond motifs is 3. The molecule has 1 aromatic heterocycles. The molecule has 0 bridgehead atoms. The summed E-state index contributed by atoms with van der Waals surface area (Å²) in [6.07, 6.45) is -9.82. The first-order valence-electron chi connectivity index (χ1n) is 16.6. The molecular formula is C43H34F6N4. The molecule has 3 N–H and O–H groups in total. The Morgan fingerprint density at radius 1 is 0.566 bits per heavy atom. The Balaban J connectivity index is 0.000000236. The molecule has 4 nitrogen and oxygen atoms in total. The fraction of sp³-hybridized carbons (Fsp3) is 0.116. The first-order chi connectivity index (χ1) is 25.1. The molecule has 0 aliphatic heterocycles. The van der Waals surface area contributed by atoms with E-state index in [2.05, 4.69) is 4.99 Å². The van der Waals surface area contributed by atoms with Gasteiger partial charge in [0.2, 0.25) is 0 Å². The lowest BCUT2D eigenvalue weighted by atomic mass is 9.97. The highest BCUT2D eigenvalue weighted by molar-refractivity contribution is 6.10. The van der Waals surface area contributed by atoms with E-state index in [1.807, 2.05) is 122 Å². The van der Waals surface area contributed by atoms with E-state index in [9.17, 15) is 26.3 Å². The third-order valence-corrected chi connectivity index (χ3v) is 8.80. The molecule has 0 atom stereocenters. The number of amidine groups is 2. The highest BCUT2D eigenvalue weighted by Gasteiger charge is 2.37. The third-order valence-electron chi connectivity index (χ3n) is 8.80. The fourth-order valence-corrected chi connectivity index (χ4v) is 6.10. The minimum atomic E-state index is -4.91. The van der Waals surface area contributed by atoms with Crippen molar-refractivity contribution in [3.63, 3.8) is 0 Å². The number of aryl methyl sites for hydroxylation is 3. The number of hydrogen-bond acceptors (Lipinski definition) is 1. The Kier molecular flexibility index (Phi) is 9.99. The number of aromatic nitrogens is 1. The van der Waals surface area contributed by atoms with Gasteiger partial charge in [0.1, 0.15) is 5.84 Å². The van der Waals surface area contributed by atoms with Crippen molar-refractivity contribution in [1.29, 1.82) is 5.41 Å². The van der Waals surface area contributed by atoms with E-state index >= 15 is 0 Å². The van der Waals surface area contributed by atoms with Crippen molar-refractivity contribution in [2.45, 2.75) is 33.1 Å². The molecule has 7 aromatic rings. The van der Waals surface area contributed by atoms with Crippen molar-refractivity contribution < 1.29 is 26.3 Å². The largest absolute Gasteiger partial charge is 0.416 e. The molecule has 0 aliphatic carbocycles. The maximum Gasteiger partial charge on any atom is 0.416 e. The number of nitrogens with zero attached hydrogens (tertiary/aromatic N) is 2. The van der Waals surface area contributed by atoms with Gasteiger partial charge in [0.25, 0.3) is 0 Å². The van der Waals surface area contributed by atoms with Crippen LogP contribution in [0.2, 0.25) is 0 Å². The summed E-state index contributed by atoms with van der Waals surface area (Å²) in [5.74, 6) is 0.534. The Morgan fingerprint density at radius 2 is 1.06 bits per heavy atom. The molecule has 0 spiro atoms. The van der Waals surface area contributed by atoms with Gasteiger partial charge in [0, 0.05) is 27.6 Å². The van der Waals surface area contributed by atoms with Gasteiger partial charge >= 0.3 is 12.4 Å². The SMILES string of the molecule is Cc1ccc2c3ccc(C)cc3n(-c3cc(-c4cc(C(F)(F)F)cc(C(F)(F)F)c4)ccc3C)c2c1.N=C(N=C(N)c1ccccc1)c1ccccc1. The van der Waals surface area contributed by atoms with Gasteiger partial charge in [0.05, 0.1) is 22.2 Å². The van der Waals surface area contributed by atoms with Crippen molar-refractivity contribution in [2.75, 3.05) is 0 Å². The van der Waals surface area contributed by atoms with Crippen LogP contribution >= 0.6 is 0 Å². The topological polar surface area (TPSA) is 67.2 Å². The van der Waals surface area contributed by atoms with Crippen LogP contribution in [-0.2, 0) is 12.4 Å². The molecule has 10 heteroatoms. The van der Waals surface area contributed by atoms with Crippen LogP contribution in [0.5, 0.6) is 0 Å². The third kappa shape index (κ3) is 8.02. The first kappa shape index (κ1) is 36.6. The zero-order chi connectivity index (χ0) is 38.1. The summed E-state index contributed by atoms with van der Waals surface area (Å²) < 4.78 is 82.9. The molecule has 0 amide bonds. The second-order valence-corrected chi connectivity index (χ2v) is 12.8. The molecule has 268 valence electrons. The first-order valence-corrected chi connectivity index (χ1v) is 16.6. The molecule has 1 heterocycles. The predicted molar refractivity (Wildman–Crippen MR) is 201 cm³/mol. The highest BCUT2D eigenvalue weighted by atomic mass is 19.4. The number of aliphatic imine (C=N–C) groups is 1. The summed E-state index contributed by atoms with van der Waals surface area (Å²) in [4.78, 5) is 4.10. The lowest BCUT2D eigenvalue weighted by Gasteiger charge is -2.17. The minimum Gasteiger partial charge on any atom is -0.383 e. The summed E-state index contributed by atoms with van der Waals surface area (Å²) in [5.41, 5.74) is 10.3. The summed E-state index contributed by atoms with van der Waals surface area (Å²) in [7, 11) is 0. The van der Waals surface area contributed by atoms with Crippen LogP contribution in [0.1, 0.15) is 38.9 Å². The standard InChI is InChI=1S/C29H21F6N.C14H13N3/c1-16-4-8-23-24-9-5-17(2)11-27(24)36(26(23)10-16)25-14-19(7-6-18(25)3)20-12-21(28(30,31)32)15-22(13-20)29(33,34)35;15-13(11-7-3-1-4-8-11)17-14(16)12-9-5-2-6-10-12/h4-15H,1-3H3;1-10H,(H3,15,16,17). The summed E-state index contributed by atoms with van der Waals surface area (Å²) in [6.45, 7) is 5.81. The zero-order valence-electron chi connectivity index (χ0n) is 28.9. The zero-order valence-corrected chi connectivity index (χ0v) is 28.9. The van der Waals surface area contributed by atoms with E-state index in [1.54, 1.807) is 18.2 Å². The molecule has 53 heavy (non-hydrogen) atoms. The second-order valence-electron chi connectivity index (χ2n) is 12.8. The van der Waals surface area contributed by atoms with Crippen molar-refractivity contribution >= 4 is 33.5 Å². The molecule has 7 rings (SSSR count). The molecule has 0 unspecified atom stereocenters. The van der Waals surface area contributed by atoms with Gasteiger partial charge in [0.15, 0.2) is 5.84 Å². The maximum atomic E-state index is 13.5. The van der Waals surface area contributed by atoms with Crippen molar-refractivity contribution in [3.8, 4) is 16.8 Å². The molecule has 0 aliphatic rings. The van der Waals surface area contributed by atoms with Crippen LogP contribution in [0.15, 0.2) is 138 Å². The Hall–Kier alpha value is -6.16. The lowest BCUT2D eigenvalue weighted by Crippen LogP contribution is -2.15. The number of alkyl halides is 6. The second kappa shape index (κ2) is 14.5. The van der Waals surface area contributed by atoms with E-state index in [-0.39, 0.29) is 23.0 Å². The van der Waals surface area contributed by atoms with E-state index in [1.165, 1.54) is 0 Å². The maximum absolute atomic E-state index is 13.5. The summed E-state index contributed by atoms with van der Waals surface area (Å²) in [5, 5.41) is 9.87. The number of nitrogens with one attached hydrogen (secondary N) is 1. The van der Waals surface area contributed by atoms with Crippen molar-refractivity contribution in [1.82, 2.24) is 4.57 Å². The van der Waals surface area contributed by atoms with Gasteiger partial charge in [-0.15, -0.1) is 0 Å². The fourth-order valence-electron chi connectivity index (χ4n) is 6.10. The van der Waals surface area contributed by atoms with Gasteiger partial charge in [-0.2, -0.15) is 26.3 Å². The Labute approximate surface area is 302 Å². The van der Waals surface area contributed by atoms with Gasteiger partial charge in [-0.05, 0) is 85.0 Å². The number of halogens is 6. The Morgan fingerprint density at radius 3 is 1.55 bits per heavy atom. The van der Waals surface area contributed by atoms with Gasteiger partial charge in [-0.25, -0.2) is 4.99 Å². The van der Waals surface area contributed by atoms with Crippen molar-refractivity contribution in [3.05, 3.63) is 172 Å². The molecular weight excluding hydrogens is 686 g/mol. The molecule has 0 radical (unpaired) electrons. The van der Waals surface area contributed by atoms with Crippen LogP contribution in [0.4, 0.5) is 26.3 Å². The lowest BCUT2D eigenvalue weighted by molar-refractivity contribution is -0.143. The number of benzene rings is 6. The van der Waals surface area contributed by atoms with Gasteiger partial charge < -0.3 is 10.3 Å². The summed E-state index contributed by atoms with van der Waals surface area (Å²) >= 11 is 0. The quantitative estimate of drug-likeness (QED) is 0.106. The molecule has 0 saturated heterocycles. The average Bonchev–Trinajstić information content (AvgIpc) is 3.43. The van der Waals surface area contributed by atoms with E-state index in [4.69, 9.17) is 11.1 Å². The predicted octanol–water partition coefficient (Wildman–Crippen LogP) is 11.8. The number of nitrogens with two attached hydrogens (primary N) is 1. The average molecular weight is 721 g/mol. The van der Waals surface area contributed by atoms with Crippen LogP contribution in [0.25, 0.3) is 38.6 Å². The van der Waals surface area contributed by atoms with Crippen LogP contribution < -0.4 is 5.73 Å². The highest BCUT2D eigenvalue weighted by Crippen LogP contribution is 2.40. The van der Waals surface area contributed by atoms with Crippen molar-refractivity contribution in [2.24, 2.45) is 10.7 Å². The van der Waals surface area contributed by atoms with Gasteiger partial charge in [-0.1, -0.05) is 97.1 Å². The molecule has 0 fully saturated rings. The molecule has 6 aromatic carbocycles. The molecule has 0 saturated carbocycles. The van der Waals surface area contributed by atoms with E-state index < -0.39 is 23.5 Å². The monoisotopic (exact) mass is 720 g/mol. The minimum absolute atomic E-state index is 0.147. The Bertz CT molecular complexity index is 2390. The normalized spacial score (nSPS) is 12.1.